The number of pyridine rings is 1. The van der Waals surface area contributed by atoms with E-state index in [-0.39, 0.29) is 18.4 Å². The standard InChI is InChI=1S/C18H20N2O3/c1-3-14-9-11-20(12-10-14)13-17(21)19-16-7-5-15(6-8-16)18(22)23-4-2/h5-12H,3-4,13H2,1-2H3/p+1. The molecule has 0 bridgehead atoms. The number of ether oxygens (including phenoxy) is 1. The third-order valence-electron chi connectivity index (χ3n) is 3.37. The van der Waals surface area contributed by atoms with E-state index in [0.717, 1.165) is 6.42 Å². The van der Waals surface area contributed by atoms with E-state index in [1.54, 1.807) is 31.2 Å². The Labute approximate surface area is 135 Å². The topological polar surface area (TPSA) is 59.3 Å². The number of anilines is 1. The van der Waals surface area contributed by atoms with Crippen molar-refractivity contribution in [2.24, 2.45) is 0 Å². The summed E-state index contributed by atoms with van der Waals surface area (Å²) in [5.74, 6) is -0.486. The van der Waals surface area contributed by atoms with E-state index in [4.69, 9.17) is 4.74 Å². The fourth-order valence-corrected chi connectivity index (χ4v) is 2.10. The fraction of sp³-hybridized carbons (Fsp3) is 0.278. The number of hydrogen-bond donors (Lipinski definition) is 1. The summed E-state index contributed by atoms with van der Waals surface area (Å²) < 4.78 is 6.74. The van der Waals surface area contributed by atoms with Crippen LogP contribution in [-0.4, -0.2) is 18.5 Å². The molecule has 0 aliphatic carbocycles. The summed E-state index contributed by atoms with van der Waals surface area (Å²) in [5.41, 5.74) is 2.35. The van der Waals surface area contributed by atoms with Gasteiger partial charge in [-0.05, 0) is 43.2 Å². The molecule has 0 spiro atoms. The molecule has 0 saturated heterocycles. The maximum Gasteiger partial charge on any atom is 0.338 e. The third-order valence-corrected chi connectivity index (χ3v) is 3.37. The summed E-state index contributed by atoms with van der Waals surface area (Å²) >= 11 is 0. The van der Waals surface area contributed by atoms with E-state index < -0.39 is 0 Å². The number of aryl methyl sites for hydroxylation is 1. The third kappa shape index (κ3) is 4.92. The number of rotatable bonds is 6. The molecule has 1 amide bonds. The Kier molecular flexibility index (Phi) is 5.86. The highest BCUT2D eigenvalue weighted by Crippen LogP contribution is 2.10. The Morgan fingerprint density at radius 3 is 2.26 bits per heavy atom. The van der Waals surface area contributed by atoms with Crippen LogP contribution in [-0.2, 0) is 22.5 Å². The summed E-state index contributed by atoms with van der Waals surface area (Å²) in [4.78, 5) is 23.6. The summed E-state index contributed by atoms with van der Waals surface area (Å²) in [6.45, 7) is 4.43. The molecule has 0 saturated carbocycles. The zero-order chi connectivity index (χ0) is 16.7. The van der Waals surface area contributed by atoms with Gasteiger partial charge in [-0.25, -0.2) is 4.79 Å². The number of nitrogens with one attached hydrogen (secondary N) is 1. The molecular formula is C18H21N2O3+. The van der Waals surface area contributed by atoms with Crippen molar-refractivity contribution < 1.29 is 18.9 Å². The van der Waals surface area contributed by atoms with Gasteiger partial charge in [-0.15, -0.1) is 0 Å². The van der Waals surface area contributed by atoms with Crippen LogP contribution in [0.2, 0.25) is 0 Å². The first kappa shape index (κ1) is 16.7. The smallest absolute Gasteiger partial charge is 0.338 e. The Hall–Kier alpha value is -2.69. The molecule has 1 aromatic heterocycles. The molecule has 0 aliphatic rings. The average Bonchev–Trinajstić information content (AvgIpc) is 2.56. The van der Waals surface area contributed by atoms with Crippen LogP contribution in [0.3, 0.4) is 0 Å². The molecule has 0 unspecified atom stereocenters. The van der Waals surface area contributed by atoms with Crippen LogP contribution in [0.5, 0.6) is 0 Å². The minimum absolute atomic E-state index is 0.122. The Morgan fingerprint density at radius 2 is 1.70 bits per heavy atom. The zero-order valence-electron chi connectivity index (χ0n) is 13.4. The van der Waals surface area contributed by atoms with Crippen molar-refractivity contribution in [3.05, 3.63) is 59.9 Å². The van der Waals surface area contributed by atoms with Gasteiger partial charge in [0, 0.05) is 17.8 Å². The summed E-state index contributed by atoms with van der Waals surface area (Å²) in [5, 5.41) is 2.81. The van der Waals surface area contributed by atoms with E-state index in [9.17, 15) is 9.59 Å². The number of amides is 1. The number of carbonyl (C=O) groups excluding carboxylic acids is 2. The van der Waals surface area contributed by atoms with Gasteiger partial charge in [-0.1, -0.05) is 6.92 Å². The summed E-state index contributed by atoms with van der Waals surface area (Å²) in [7, 11) is 0. The maximum absolute atomic E-state index is 12.0. The normalized spacial score (nSPS) is 10.2. The van der Waals surface area contributed by atoms with Crippen molar-refractivity contribution in [3.63, 3.8) is 0 Å². The molecule has 1 N–H and O–H groups in total. The van der Waals surface area contributed by atoms with Crippen LogP contribution in [0.15, 0.2) is 48.8 Å². The van der Waals surface area contributed by atoms with E-state index in [1.165, 1.54) is 5.56 Å². The SMILES string of the molecule is CCOC(=O)c1ccc(NC(=O)C[n+]2ccc(CC)cc2)cc1. The molecule has 1 heterocycles. The van der Waals surface area contributed by atoms with E-state index in [1.807, 2.05) is 29.1 Å². The van der Waals surface area contributed by atoms with Crippen molar-refractivity contribution in [3.8, 4) is 0 Å². The van der Waals surface area contributed by atoms with Gasteiger partial charge in [-0.2, -0.15) is 4.57 Å². The predicted octanol–water partition coefficient (Wildman–Crippen LogP) is 2.35. The summed E-state index contributed by atoms with van der Waals surface area (Å²) in [6.07, 6.45) is 4.75. The molecule has 0 atom stereocenters. The molecule has 2 rings (SSSR count). The minimum atomic E-state index is -0.364. The summed E-state index contributed by atoms with van der Waals surface area (Å²) in [6, 6.07) is 10.7. The van der Waals surface area contributed by atoms with Gasteiger partial charge in [0.2, 0.25) is 6.54 Å². The van der Waals surface area contributed by atoms with Crippen molar-refractivity contribution in [2.45, 2.75) is 26.8 Å². The monoisotopic (exact) mass is 313 g/mol. The molecule has 2 aromatic rings. The van der Waals surface area contributed by atoms with Crippen LogP contribution in [0.4, 0.5) is 5.69 Å². The first-order valence-electron chi connectivity index (χ1n) is 7.67. The molecule has 23 heavy (non-hydrogen) atoms. The number of benzene rings is 1. The van der Waals surface area contributed by atoms with Gasteiger partial charge in [0.15, 0.2) is 12.4 Å². The molecule has 0 fully saturated rings. The quantitative estimate of drug-likeness (QED) is 0.658. The first-order valence-corrected chi connectivity index (χ1v) is 7.67. The highest BCUT2D eigenvalue weighted by molar-refractivity contribution is 5.92. The Bertz CT molecular complexity index is 664. The van der Waals surface area contributed by atoms with Gasteiger partial charge in [0.25, 0.3) is 5.91 Å². The molecule has 0 radical (unpaired) electrons. The average molecular weight is 313 g/mol. The van der Waals surface area contributed by atoms with E-state index in [2.05, 4.69) is 12.2 Å². The highest BCUT2D eigenvalue weighted by atomic mass is 16.5. The van der Waals surface area contributed by atoms with Crippen LogP contribution < -0.4 is 9.88 Å². The van der Waals surface area contributed by atoms with Gasteiger partial charge in [-0.3, -0.25) is 4.79 Å². The lowest BCUT2D eigenvalue weighted by atomic mass is 10.2. The van der Waals surface area contributed by atoms with Gasteiger partial charge >= 0.3 is 5.97 Å². The van der Waals surface area contributed by atoms with Crippen molar-refractivity contribution >= 4 is 17.6 Å². The number of carbonyl (C=O) groups is 2. The molecule has 5 nitrogen and oxygen atoms in total. The minimum Gasteiger partial charge on any atom is -0.462 e. The van der Waals surface area contributed by atoms with Crippen LogP contribution in [0, 0.1) is 0 Å². The number of aromatic nitrogens is 1. The van der Waals surface area contributed by atoms with Crippen molar-refractivity contribution in [1.82, 2.24) is 0 Å². The van der Waals surface area contributed by atoms with Gasteiger partial charge < -0.3 is 10.1 Å². The number of hydrogen-bond acceptors (Lipinski definition) is 3. The maximum atomic E-state index is 12.0. The van der Waals surface area contributed by atoms with E-state index in [0.29, 0.717) is 17.9 Å². The van der Waals surface area contributed by atoms with Crippen LogP contribution >= 0.6 is 0 Å². The largest absolute Gasteiger partial charge is 0.462 e. The lowest BCUT2D eigenvalue weighted by molar-refractivity contribution is -0.684. The molecule has 1 aromatic carbocycles. The first-order chi connectivity index (χ1) is 11.1. The Morgan fingerprint density at radius 1 is 1.04 bits per heavy atom. The molecule has 0 aliphatic heterocycles. The zero-order valence-corrected chi connectivity index (χ0v) is 13.4. The van der Waals surface area contributed by atoms with E-state index >= 15 is 0 Å². The number of nitrogens with zero attached hydrogens (tertiary/aromatic N) is 1. The fourth-order valence-electron chi connectivity index (χ4n) is 2.10. The van der Waals surface area contributed by atoms with Crippen molar-refractivity contribution in [2.75, 3.05) is 11.9 Å². The molecule has 5 heteroatoms. The van der Waals surface area contributed by atoms with Crippen LogP contribution in [0.1, 0.15) is 29.8 Å². The number of esters is 1. The second kappa shape index (κ2) is 8.08. The lowest BCUT2D eigenvalue weighted by Gasteiger charge is -2.05. The van der Waals surface area contributed by atoms with Gasteiger partial charge in [0.1, 0.15) is 0 Å². The lowest BCUT2D eigenvalue weighted by Crippen LogP contribution is -2.39. The second-order valence-corrected chi connectivity index (χ2v) is 5.08. The van der Waals surface area contributed by atoms with Crippen LogP contribution in [0.25, 0.3) is 0 Å². The molecule has 120 valence electrons. The molecular weight excluding hydrogens is 292 g/mol. The highest BCUT2D eigenvalue weighted by Gasteiger charge is 2.10. The van der Waals surface area contributed by atoms with Gasteiger partial charge in [0.05, 0.1) is 12.2 Å². The second-order valence-electron chi connectivity index (χ2n) is 5.08. The Balaban J connectivity index is 1.93. The predicted molar refractivity (Wildman–Crippen MR) is 87.0 cm³/mol. The van der Waals surface area contributed by atoms with Crippen molar-refractivity contribution in [1.29, 1.82) is 0 Å².